The van der Waals surface area contributed by atoms with E-state index < -0.39 is 17.9 Å². The van der Waals surface area contributed by atoms with E-state index in [1.54, 1.807) is 25.1 Å². The van der Waals surface area contributed by atoms with Gasteiger partial charge in [-0.15, -0.1) is 0 Å². The fourth-order valence-electron chi connectivity index (χ4n) is 2.46. The third kappa shape index (κ3) is 6.94. The molecule has 2 aromatic rings. The molecule has 0 aliphatic rings. The first-order valence-electron chi connectivity index (χ1n) is 9.24. The molecular formula is C21H24BrClN2O4. The summed E-state index contributed by atoms with van der Waals surface area (Å²) in [5.41, 5.74) is 5.68. The van der Waals surface area contributed by atoms with Gasteiger partial charge in [-0.1, -0.05) is 59.6 Å². The van der Waals surface area contributed by atoms with Gasteiger partial charge in [-0.3, -0.25) is 20.4 Å². The van der Waals surface area contributed by atoms with Crippen LogP contribution in [0.2, 0.25) is 5.02 Å². The van der Waals surface area contributed by atoms with Gasteiger partial charge in [0.15, 0.2) is 12.7 Å². The molecule has 2 amide bonds. The molecule has 2 rings (SSSR count). The fourth-order valence-corrected chi connectivity index (χ4v) is 3.19. The first-order valence-corrected chi connectivity index (χ1v) is 10.4. The molecule has 0 spiro atoms. The summed E-state index contributed by atoms with van der Waals surface area (Å²) in [6, 6.07) is 12.7. The van der Waals surface area contributed by atoms with E-state index >= 15 is 0 Å². The van der Waals surface area contributed by atoms with Crippen molar-refractivity contribution in [2.24, 2.45) is 0 Å². The summed E-state index contributed by atoms with van der Waals surface area (Å²) in [6.07, 6.45) is 0.168. The molecule has 0 heterocycles. The largest absolute Gasteiger partial charge is 0.482 e. The number of carbonyl (C=O) groups is 2. The smallest absolute Gasteiger partial charge is 0.279 e. The fraction of sp³-hybridized carbons (Fsp3) is 0.333. The molecule has 2 N–H and O–H groups in total. The van der Waals surface area contributed by atoms with Crippen LogP contribution in [0.3, 0.4) is 0 Å². The van der Waals surface area contributed by atoms with Crippen LogP contribution < -0.4 is 20.3 Å². The lowest BCUT2D eigenvalue weighted by molar-refractivity contribution is -0.133. The summed E-state index contributed by atoms with van der Waals surface area (Å²) >= 11 is 9.32. The minimum Gasteiger partial charge on any atom is -0.482 e. The molecule has 2 unspecified atom stereocenters. The maximum atomic E-state index is 12.3. The summed E-state index contributed by atoms with van der Waals surface area (Å²) in [7, 11) is 0. The van der Waals surface area contributed by atoms with E-state index in [9.17, 15) is 9.59 Å². The van der Waals surface area contributed by atoms with Gasteiger partial charge >= 0.3 is 0 Å². The molecule has 0 saturated carbocycles. The van der Waals surface area contributed by atoms with Gasteiger partial charge in [0.25, 0.3) is 11.8 Å². The number of nitrogens with one attached hydrogen (secondary N) is 2. The van der Waals surface area contributed by atoms with Gasteiger partial charge in [-0.05, 0) is 49.1 Å². The number of carbonyl (C=O) groups excluding carboxylic acids is 2. The first-order chi connectivity index (χ1) is 13.8. The highest BCUT2D eigenvalue weighted by Gasteiger charge is 2.18. The molecule has 156 valence electrons. The van der Waals surface area contributed by atoms with Crippen LogP contribution >= 0.6 is 27.5 Å². The van der Waals surface area contributed by atoms with Crippen LogP contribution in [0.25, 0.3) is 0 Å². The Bertz CT molecular complexity index is 862. The van der Waals surface area contributed by atoms with Gasteiger partial charge in [-0.2, -0.15) is 0 Å². The van der Waals surface area contributed by atoms with Gasteiger partial charge in [0.05, 0.1) is 5.02 Å². The second-order valence-corrected chi connectivity index (χ2v) is 7.83. The molecule has 8 heteroatoms. The quantitative estimate of drug-likeness (QED) is 0.538. The molecule has 0 radical (unpaired) electrons. The Balaban J connectivity index is 1.83. The first kappa shape index (κ1) is 23.0. The zero-order valence-corrected chi connectivity index (χ0v) is 18.8. The van der Waals surface area contributed by atoms with Gasteiger partial charge < -0.3 is 9.47 Å². The molecule has 0 aliphatic carbocycles. The molecule has 0 saturated heterocycles. The summed E-state index contributed by atoms with van der Waals surface area (Å²) in [4.78, 5) is 24.2. The number of hydrogen-bond donors (Lipinski definition) is 2. The van der Waals surface area contributed by atoms with E-state index in [0.29, 0.717) is 22.4 Å². The Labute approximate surface area is 184 Å². The van der Waals surface area contributed by atoms with Gasteiger partial charge in [0.1, 0.15) is 11.5 Å². The normalized spacial score (nSPS) is 12.6. The average molecular weight is 484 g/mol. The van der Waals surface area contributed by atoms with E-state index in [-0.39, 0.29) is 6.61 Å². The van der Waals surface area contributed by atoms with Crippen LogP contribution in [-0.4, -0.2) is 24.5 Å². The molecule has 2 atom stereocenters. The summed E-state index contributed by atoms with van der Waals surface area (Å²) in [5, 5.41) is 0.373. The van der Waals surface area contributed by atoms with Crippen molar-refractivity contribution >= 4 is 39.3 Å². The van der Waals surface area contributed by atoms with Gasteiger partial charge in [0, 0.05) is 4.47 Å². The highest BCUT2D eigenvalue weighted by atomic mass is 79.9. The van der Waals surface area contributed by atoms with Crippen LogP contribution in [0.5, 0.6) is 11.5 Å². The van der Waals surface area contributed by atoms with E-state index in [0.717, 1.165) is 16.5 Å². The number of hydrazine groups is 1. The van der Waals surface area contributed by atoms with Crippen molar-refractivity contribution in [3.05, 3.63) is 57.5 Å². The van der Waals surface area contributed by atoms with Crippen LogP contribution in [-0.2, 0) is 9.59 Å². The number of para-hydroxylation sites is 1. The van der Waals surface area contributed by atoms with Crippen molar-refractivity contribution in [2.45, 2.75) is 39.2 Å². The highest BCUT2D eigenvalue weighted by molar-refractivity contribution is 9.10. The van der Waals surface area contributed by atoms with Gasteiger partial charge in [0.2, 0.25) is 0 Å². The van der Waals surface area contributed by atoms with Crippen molar-refractivity contribution in [3.63, 3.8) is 0 Å². The van der Waals surface area contributed by atoms with Crippen molar-refractivity contribution < 1.29 is 19.1 Å². The summed E-state index contributed by atoms with van der Waals surface area (Å²) in [6.45, 7) is 5.52. The van der Waals surface area contributed by atoms with Crippen molar-refractivity contribution in [1.82, 2.24) is 10.9 Å². The summed E-state index contributed by atoms with van der Waals surface area (Å²) in [5.74, 6) is 0.339. The number of halogens is 2. The lowest BCUT2D eigenvalue weighted by atomic mass is 9.98. The van der Waals surface area contributed by atoms with E-state index in [1.807, 2.05) is 24.3 Å². The maximum Gasteiger partial charge on any atom is 0.279 e. The minimum absolute atomic E-state index is 0.298. The van der Waals surface area contributed by atoms with Crippen molar-refractivity contribution in [1.29, 1.82) is 0 Å². The van der Waals surface area contributed by atoms with E-state index in [4.69, 9.17) is 21.1 Å². The molecule has 0 aromatic heterocycles. The monoisotopic (exact) mass is 482 g/mol. The second kappa shape index (κ2) is 11.1. The maximum absolute atomic E-state index is 12.3. The number of hydrogen-bond acceptors (Lipinski definition) is 4. The van der Waals surface area contributed by atoms with E-state index in [2.05, 4.69) is 40.6 Å². The van der Waals surface area contributed by atoms with Crippen LogP contribution in [0.15, 0.2) is 46.9 Å². The van der Waals surface area contributed by atoms with Gasteiger partial charge in [-0.25, -0.2) is 0 Å². The molecule has 29 heavy (non-hydrogen) atoms. The molecule has 0 bridgehead atoms. The topological polar surface area (TPSA) is 76.7 Å². The third-order valence-corrected chi connectivity index (χ3v) is 5.10. The number of benzene rings is 2. The Morgan fingerprint density at radius 1 is 1.10 bits per heavy atom. The Kier molecular flexibility index (Phi) is 8.79. The number of amides is 2. The van der Waals surface area contributed by atoms with E-state index in [1.165, 1.54) is 0 Å². The van der Waals surface area contributed by atoms with Crippen molar-refractivity contribution in [2.75, 3.05) is 6.61 Å². The predicted octanol–water partition coefficient (Wildman–Crippen LogP) is 4.61. The van der Waals surface area contributed by atoms with Crippen LogP contribution in [0.1, 0.15) is 38.7 Å². The minimum atomic E-state index is -0.789. The SMILES string of the molecule is CCC(C)c1ccccc1OC(C)C(=O)NNC(=O)COc1ccc(Br)cc1Cl. The molecular weight excluding hydrogens is 460 g/mol. The molecule has 6 nitrogen and oxygen atoms in total. The third-order valence-electron chi connectivity index (χ3n) is 4.31. The Morgan fingerprint density at radius 3 is 2.52 bits per heavy atom. The van der Waals surface area contributed by atoms with Crippen molar-refractivity contribution in [3.8, 4) is 11.5 Å². The molecule has 0 aliphatic heterocycles. The highest BCUT2D eigenvalue weighted by Crippen LogP contribution is 2.29. The zero-order chi connectivity index (χ0) is 21.4. The lowest BCUT2D eigenvalue weighted by Crippen LogP contribution is -2.48. The summed E-state index contributed by atoms with van der Waals surface area (Å²) < 4.78 is 12.0. The van der Waals surface area contributed by atoms with Crippen LogP contribution in [0, 0.1) is 0 Å². The lowest BCUT2D eigenvalue weighted by Gasteiger charge is -2.19. The predicted molar refractivity (Wildman–Crippen MR) is 116 cm³/mol. The zero-order valence-electron chi connectivity index (χ0n) is 16.5. The molecule has 0 fully saturated rings. The number of ether oxygens (including phenoxy) is 2. The molecule has 2 aromatic carbocycles. The average Bonchev–Trinajstić information content (AvgIpc) is 2.71. The second-order valence-electron chi connectivity index (χ2n) is 6.51. The number of rotatable bonds is 8. The van der Waals surface area contributed by atoms with Crippen LogP contribution in [0.4, 0.5) is 0 Å². The standard InChI is InChI=1S/C21H24BrClN2O4/c1-4-13(2)16-7-5-6-8-18(16)29-14(3)21(27)25-24-20(26)12-28-19-10-9-15(22)11-17(19)23/h5-11,13-14H,4,12H2,1-3H3,(H,24,26)(H,25,27). The Hall–Kier alpha value is -2.25. The Morgan fingerprint density at radius 2 is 1.83 bits per heavy atom.